The van der Waals surface area contributed by atoms with Crippen LogP contribution in [0.15, 0.2) is 15.8 Å². The molecule has 0 bridgehead atoms. The van der Waals surface area contributed by atoms with Crippen LogP contribution in [0.5, 0.6) is 0 Å². The van der Waals surface area contributed by atoms with Gasteiger partial charge in [-0.2, -0.15) is 9.78 Å². The van der Waals surface area contributed by atoms with Gasteiger partial charge in [0.05, 0.1) is 17.4 Å². The van der Waals surface area contributed by atoms with Crippen LogP contribution in [-0.4, -0.2) is 26.6 Å². The van der Waals surface area contributed by atoms with E-state index in [0.717, 1.165) is 9.59 Å². The molecule has 25 heavy (non-hydrogen) atoms. The quantitative estimate of drug-likeness (QED) is 0.571. The summed E-state index contributed by atoms with van der Waals surface area (Å²) in [7, 11) is 0. The van der Waals surface area contributed by atoms with Crippen LogP contribution in [-0.2, 0) is 22.8 Å². The largest absolute Gasteiger partial charge is 0.442 e. The van der Waals surface area contributed by atoms with Gasteiger partial charge in [0.25, 0.3) is 0 Å². The molecule has 6 nitrogen and oxygen atoms in total. The molecule has 0 N–H and O–H groups in total. The Labute approximate surface area is 151 Å². The van der Waals surface area contributed by atoms with Crippen molar-refractivity contribution >= 4 is 17.7 Å². The van der Waals surface area contributed by atoms with Crippen LogP contribution < -0.4 is 5.69 Å². The lowest BCUT2D eigenvalue weighted by atomic mass is 10.1. The normalized spacial score (nSPS) is 21.3. The van der Waals surface area contributed by atoms with Crippen LogP contribution in [0.3, 0.4) is 0 Å². The van der Waals surface area contributed by atoms with Crippen molar-refractivity contribution in [1.82, 2.24) is 14.3 Å². The summed E-state index contributed by atoms with van der Waals surface area (Å²) in [6, 6.07) is 0. The van der Waals surface area contributed by atoms with Crippen LogP contribution in [0.4, 0.5) is 0 Å². The topological polar surface area (TPSA) is 66.1 Å². The van der Waals surface area contributed by atoms with Gasteiger partial charge in [0, 0.05) is 0 Å². The van der Waals surface area contributed by atoms with Gasteiger partial charge in [-0.05, 0) is 24.5 Å². The molecule has 0 unspecified atom stereocenters. The summed E-state index contributed by atoms with van der Waals surface area (Å²) in [5, 5.41) is 4.06. The van der Waals surface area contributed by atoms with Gasteiger partial charge in [-0.15, -0.1) is 24.6 Å². The van der Waals surface area contributed by atoms with Crippen LogP contribution in [0.1, 0.15) is 19.7 Å². The summed E-state index contributed by atoms with van der Waals surface area (Å²) in [6.45, 7) is 5.55. The fourth-order valence-electron chi connectivity index (χ4n) is 2.90. The van der Waals surface area contributed by atoms with Crippen LogP contribution in [0.2, 0.25) is 0 Å². The maximum atomic E-state index is 12.4. The molecule has 132 valence electrons. The number of hydrogen-bond donors (Lipinski definition) is 0. The molecule has 1 saturated carbocycles. The van der Waals surface area contributed by atoms with Crippen LogP contribution in [0, 0.1) is 48.9 Å². The number of hydrogen-bond acceptors (Lipinski definition) is 5. The molecule has 7 heteroatoms. The van der Waals surface area contributed by atoms with Crippen LogP contribution in [0.25, 0.3) is 0 Å². The highest BCUT2D eigenvalue weighted by molar-refractivity contribution is 8.02. The summed E-state index contributed by atoms with van der Waals surface area (Å²) in [5.74, 6) is 4.85. The number of nitrogens with zero attached hydrogens (tertiary/aromatic N) is 3. The molecule has 0 aromatic carbocycles. The number of thioether (sulfide) groups is 1. The Morgan fingerprint density at radius 2 is 2.16 bits per heavy atom. The van der Waals surface area contributed by atoms with E-state index >= 15 is 0 Å². The van der Waals surface area contributed by atoms with Crippen molar-refractivity contribution in [1.29, 1.82) is 0 Å². The molecule has 2 rings (SSSR count). The first-order chi connectivity index (χ1) is 11.8. The molecule has 1 heterocycles. The minimum absolute atomic E-state index is 0.0240. The van der Waals surface area contributed by atoms with Crippen molar-refractivity contribution in [2.24, 2.45) is 17.3 Å². The number of aromatic nitrogens is 3. The summed E-state index contributed by atoms with van der Waals surface area (Å²) in [4.78, 5) is 25.3. The van der Waals surface area contributed by atoms with Crippen molar-refractivity contribution in [2.45, 2.75) is 34.0 Å². The SMILES string of the molecule is C#CCn1c(C)nn(COC(=O)[C@@H]2[C@@H](/C=C(/C#C)SC)C2(C)C)c1=O. The summed E-state index contributed by atoms with van der Waals surface area (Å²) < 4.78 is 7.74. The fourth-order valence-corrected chi connectivity index (χ4v) is 3.30. The van der Waals surface area contributed by atoms with Gasteiger partial charge in [0.1, 0.15) is 5.82 Å². The van der Waals surface area contributed by atoms with Crippen LogP contribution >= 0.6 is 11.8 Å². The van der Waals surface area contributed by atoms with Crippen molar-refractivity contribution in [2.75, 3.05) is 6.26 Å². The van der Waals surface area contributed by atoms with Crippen molar-refractivity contribution in [3.05, 3.63) is 27.3 Å². The van der Waals surface area contributed by atoms with Gasteiger partial charge in [0.2, 0.25) is 0 Å². The third-order valence-electron chi connectivity index (χ3n) is 4.54. The number of allylic oxidation sites excluding steroid dienone is 2. The number of ether oxygens (including phenoxy) is 1. The number of carbonyl (C=O) groups excluding carboxylic acids is 1. The van der Waals surface area contributed by atoms with Crippen molar-refractivity contribution < 1.29 is 9.53 Å². The predicted octanol–water partition coefficient (Wildman–Crippen LogP) is 1.64. The van der Waals surface area contributed by atoms with E-state index in [0.29, 0.717) is 5.82 Å². The maximum Gasteiger partial charge on any atom is 0.349 e. The number of rotatable bonds is 6. The zero-order chi connectivity index (χ0) is 18.8. The second-order valence-corrected chi connectivity index (χ2v) is 7.26. The zero-order valence-electron chi connectivity index (χ0n) is 14.8. The molecular weight excluding hydrogens is 338 g/mol. The van der Waals surface area contributed by atoms with E-state index in [-0.39, 0.29) is 36.5 Å². The molecule has 1 aromatic rings. The lowest BCUT2D eigenvalue weighted by Crippen LogP contribution is -2.27. The average molecular weight is 359 g/mol. The average Bonchev–Trinajstić information content (AvgIpc) is 3.01. The summed E-state index contributed by atoms with van der Waals surface area (Å²) in [6.07, 6.45) is 14.5. The highest BCUT2D eigenvalue weighted by Gasteiger charge is 2.61. The second-order valence-electron chi connectivity index (χ2n) is 6.42. The Hall–Kier alpha value is -2.38. The van der Waals surface area contributed by atoms with Gasteiger partial charge in [-0.1, -0.05) is 31.8 Å². The second kappa shape index (κ2) is 7.25. The predicted molar refractivity (Wildman–Crippen MR) is 97.3 cm³/mol. The van der Waals surface area contributed by atoms with Crippen molar-refractivity contribution in [3.63, 3.8) is 0 Å². The Kier molecular flexibility index (Phi) is 5.49. The van der Waals surface area contributed by atoms with Gasteiger partial charge >= 0.3 is 11.7 Å². The van der Waals surface area contributed by atoms with E-state index in [2.05, 4.69) is 16.9 Å². The minimum atomic E-state index is -0.397. The number of terminal acetylenes is 2. The third kappa shape index (κ3) is 3.67. The van der Waals surface area contributed by atoms with Crippen molar-refractivity contribution in [3.8, 4) is 24.7 Å². The molecule has 0 radical (unpaired) electrons. The highest BCUT2D eigenvalue weighted by Crippen LogP contribution is 2.60. The smallest absolute Gasteiger partial charge is 0.349 e. The van der Waals surface area contributed by atoms with E-state index in [1.54, 1.807) is 6.92 Å². The van der Waals surface area contributed by atoms with Gasteiger partial charge in [-0.25, -0.2) is 4.79 Å². The highest BCUT2D eigenvalue weighted by atomic mass is 32.2. The lowest BCUT2D eigenvalue weighted by Gasteiger charge is -2.04. The summed E-state index contributed by atoms with van der Waals surface area (Å²) >= 11 is 1.47. The first kappa shape index (κ1) is 19.0. The van der Waals surface area contributed by atoms with E-state index in [1.807, 2.05) is 26.2 Å². The standard InChI is InChI=1S/C18H21N3O3S/c1-7-9-20-12(3)19-21(17(20)23)11-24-16(22)15-14(18(15,4)5)10-13(8-2)25-6/h1-2,10,14-15H,9,11H2,3-6H3/b13-10-/t14-,15+/m1/s1. The molecule has 2 atom stereocenters. The lowest BCUT2D eigenvalue weighted by molar-refractivity contribution is -0.150. The first-order valence-electron chi connectivity index (χ1n) is 7.74. The Morgan fingerprint density at radius 1 is 1.48 bits per heavy atom. The molecule has 1 aliphatic carbocycles. The molecule has 1 aromatic heterocycles. The van der Waals surface area contributed by atoms with Gasteiger partial charge in [-0.3, -0.25) is 9.36 Å². The number of esters is 1. The van der Waals surface area contributed by atoms with E-state index < -0.39 is 5.69 Å². The first-order valence-corrected chi connectivity index (χ1v) is 8.97. The Morgan fingerprint density at radius 3 is 2.72 bits per heavy atom. The molecule has 1 fully saturated rings. The number of carbonyl (C=O) groups is 1. The molecule has 0 aliphatic heterocycles. The molecular formula is C18H21N3O3S. The third-order valence-corrected chi connectivity index (χ3v) is 5.24. The zero-order valence-corrected chi connectivity index (χ0v) is 15.6. The molecule has 0 amide bonds. The summed E-state index contributed by atoms with van der Waals surface area (Å²) in [5.41, 5.74) is -0.620. The minimum Gasteiger partial charge on any atom is -0.442 e. The number of aryl methyl sites for hydroxylation is 1. The maximum absolute atomic E-state index is 12.4. The Bertz CT molecular complexity index is 848. The molecule has 1 aliphatic rings. The van der Waals surface area contributed by atoms with E-state index in [4.69, 9.17) is 17.6 Å². The molecule has 0 spiro atoms. The Balaban J connectivity index is 2.06. The monoisotopic (exact) mass is 359 g/mol. The van der Waals surface area contributed by atoms with Gasteiger partial charge < -0.3 is 4.74 Å². The van der Waals surface area contributed by atoms with Gasteiger partial charge in [0.15, 0.2) is 6.73 Å². The fraction of sp³-hybridized carbons (Fsp3) is 0.500. The molecule has 0 saturated heterocycles. The van der Waals surface area contributed by atoms with E-state index in [1.165, 1.54) is 16.3 Å². The van der Waals surface area contributed by atoms with E-state index in [9.17, 15) is 9.59 Å².